The summed E-state index contributed by atoms with van der Waals surface area (Å²) < 4.78 is 7.16. The van der Waals surface area contributed by atoms with Gasteiger partial charge in [-0.15, -0.1) is 0 Å². The lowest BCUT2D eigenvalue weighted by atomic mass is 9.52. The van der Waals surface area contributed by atoms with Gasteiger partial charge in [0, 0.05) is 24.5 Å². The van der Waals surface area contributed by atoms with Crippen LogP contribution in [-0.4, -0.2) is 53.4 Å². The molecule has 6 heteroatoms. The molecular weight excluding hydrogens is 390 g/mol. The molecule has 168 valence electrons. The second-order valence-electron chi connectivity index (χ2n) is 9.49. The van der Waals surface area contributed by atoms with Crippen molar-refractivity contribution >= 4 is 11.9 Å². The normalized spacial score (nSPS) is 36.1. The summed E-state index contributed by atoms with van der Waals surface area (Å²) in [6.07, 6.45) is 17.2. The third-order valence-corrected chi connectivity index (χ3v) is 7.55. The second kappa shape index (κ2) is 9.63. The second-order valence-corrected chi connectivity index (χ2v) is 9.49. The van der Waals surface area contributed by atoms with Crippen LogP contribution in [0.15, 0.2) is 43.4 Å². The fourth-order valence-corrected chi connectivity index (χ4v) is 5.64. The topological polar surface area (TPSA) is 76.4 Å². The van der Waals surface area contributed by atoms with E-state index < -0.39 is 0 Å². The molecule has 0 amide bonds. The van der Waals surface area contributed by atoms with Gasteiger partial charge in [0.15, 0.2) is 0 Å². The Hall–Kier alpha value is -2.02. The highest BCUT2D eigenvalue weighted by molar-refractivity contribution is 5.70. The molecule has 3 fully saturated rings. The van der Waals surface area contributed by atoms with E-state index in [0.717, 1.165) is 62.9 Å². The number of aliphatic hydroxyl groups excluding tert-OH is 1. The number of ether oxygens (including phenoxy) is 1. The highest BCUT2D eigenvalue weighted by Crippen LogP contribution is 2.57. The number of nitrogens with one attached hydrogen (secondary N) is 1. The summed E-state index contributed by atoms with van der Waals surface area (Å²) >= 11 is 0. The molecule has 1 saturated carbocycles. The zero-order valence-electron chi connectivity index (χ0n) is 18.5. The Morgan fingerprint density at radius 1 is 1.35 bits per heavy atom. The van der Waals surface area contributed by atoms with Gasteiger partial charge in [-0.1, -0.05) is 37.8 Å². The van der Waals surface area contributed by atoms with Gasteiger partial charge in [-0.2, -0.15) is 0 Å². The van der Waals surface area contributed by atoms with E-state index in [1.54, 1.807) is 0 Å². The monoisotopic (exact) mass is 425 g/mol. The first-order valence-corrected chi connectivity index (χ1v) is 11.5. The molecule has 6 nitrogen and oxygen atoms in total. The first kappa shape index (κ1) is 22.2. The van der Waals surface area contributed by atoms with E-state index in [4.69, 9.17) is 4.74 Å². The number of carbonyl (C=O) groups is 1. The van der Waals surface area contributed by atoms with E-state index >= 15 is 0 Å². The van der Waals surface area contributed by atoms with Gasteiger partial charge >= 0.3 is 0 Å². The standard InChI is InChI=1S/C20H27N3O.C5H8O2/c1-14-5-3-4-6-15(2)18(23-13-22-12-17(14)23)16-11-20(19(16)24)7-9-21-10-8-20;6-3-5-1-2-7-4-5/h3-6,12-13,15-16,18-19,21,24H,1,7-11H2,2H3;3,5H,1-2,4H2/b5-3-,6-4-;. The number of aldehydes is 1. The van der Waals surface area contributed by atoms with Crippen LogP contribution in [0.25, 0.3) is 5.57 Å². The number of hydrogen-bond acceptors (Lipinski definition) is 5. The highest BCUT2D eigenvalue weighted by Gasteiger charge is 2.56. The SMILES string of the molecule is C=C1/C=C\C=C/C(C)C(C2CC3(CCNCC3)C2O)n2cncc21.O=CC1CCOC1. The minimum Gasteiger partial charge on any atom is -0.392 e. The van der Waals surface area contributed by atoms with Crippen LogP contribution in [-0.2, 0) is 9.53 Å². The number of carbonyl (C=O) groups excluding carboxylic acids is 1. The lowest BCUT2D eigenvalue weighted by molar-refractivity contribution is -0.156. The predicted octanol–water partition coefficient (Wildman–Crippen LogP) is 3.17. The molecule has 1 aromatic rings. The number of aromatic nitrogens is 2. The van der Waals surface area contributed by atoms with E-state index in [0.29, 0.717) is 12.5 Å². The number of allylic oxidation sites excluding steroid dienone is 5. The third-order valence-electron chi connectivity index (χ3n) is 7.55. The Morgan fingerprint density at radius 3 is 2.81 bits per heavy atom. The van der Waals surface area contributed by atoms with Crippen molar-refractivity contribution < 1.29 is 14.6 Å². The average Bonchev–Trinajstić information content (AvgIpc) is 3.49. The summed E-state index contributed by atoms with van der Waals surface area (Å²) in [7, 11) is 0. The highest BCUT2D eigenvalue weighted by atomic mass is 16.5. The van der Waals surface area contributed by atoms with Crippen LogP contribution in [0.4, 0.5) is 0 Å². The van der Waals surface area contributed by atoms with Gasteiger partial charge in [-0.05, 0) is 55.7 Å². The van der Waals surface area contributed by atoms with E-state index in [1.807, 2.05) is 24.7 Å². The van der Waals surface area contributed by atoms with Crippen LogP contribution < -0.4 is 5.32 Å². The number of aliphatic hydroxyl groups is 1. The summed E-state index contributed by atoms with van der Waals surface area (Å²) in [5, 5.41) is 14.5. The summed E-state index contributed by atoms with van der Waals surface area (Å²) in [6, 6.07) is 0.228. The lowest BCUT2D eigenvalue weighted by Crippen LogP contribution is -2.59. The molecule has 4 heterocycles. The summed E-state index contributed by atoms with van der Waals surface area (Å²) in [5.74, 6) is 0.814. The van der Waals surface area contributed by atoms with Gasteiger partial charge < -0.3 is 24.5 Å². The van der Waals surface area contributed by atoms with Gasteiger partial charge in [-0.3, -0.25) is 0 Å². The summed E-state index contributed by atoms with van der Waals surface area (Å²) in [5.41, 5.74) is 2.17. The van der Waals surface area contributed by atoms with Crippen LogP contribution in [0, 0.1) is 23.2 Å². The van der Waals surface area contributed by atoms with E-state index in [9.17, 15) is 9.90 Å². The smallest absolute Gasteiger partial charge is 0.125 e. The van der Waals surface area contributed by atoms with Gasteiger partial charge in [0.05, 0.1) is 30.9 Å². The molecule has 1 aliphatic carbocycles. The summed E-state index contributed by atoms with van der Waals surface area (Å²) in [6.45, 7) is 9.89. The molecule has 31 heavy (non-hydrogen) atoms. The van der Waals surface area contributed by atoms with Crippen molar-refractivity contribution in [3.05, 3.63) is 49.1 Å². The maximum atomic E-state index is 11.1. The van der Waals surface area contributed by atoms with Crippen molar-refractivity contribution in [1.82, 2.24) is 14.9 Å². The van der Waals surface area contributed by atoms with Gasteiger partial charge in [-0.25, -0.2) is 4.98 Å². The van der Waals surface area contributed by atoms with Crippen molar-refractivity contribution in [2.45, 2.75) is 44.8 Å². The van der Waals surface area contributed by atoms with Crippen LogP contribution in [0.1, 0.15) is 44.3 Å². The van der Waals surface area contributed by atoms with Gasteiger partial charge in [0.2, 0.25) is 0 Å². The first-order valence-electron chi connectivity index (χ1n) is 11.5. The molecular formula is C25H35N3O3. The molecule has 2 saturated heterocycles. The molecule has 5 unspecified atom stereocenters. The van der Waals surface area contributed by atoms with Crippen LogP contribution in [0.5, 0.6) is 0 Å². The Kier molecular flexibility index (Phi) is 6.89. The maximum absolute atomic E-state index is 11.1. The molecule has 1 spiro atoms. The zero-order chi connectivity index (χ0) is 21.8. The Balaban J connectivity index is 0.000000282. The number of fused-ring (bicyclic) bond motifs is 1. The minimum absolute atomic E-state index is 0.133. The number of hydrogen-bond donors (Lipinski definition) is 2. The lowest BCUT2D eigenvalue weighted by Gasteiger charge is -2.58. The van der Waals surface area contributed by atoms with Crippen molar-refractivity contribution in [2.75, 3.05) is 26.3 Å². The quantitative estimate of drug-likeness (QED) is 0.712. The molecule has 1 aromatic heterocycles. The van der Waals surface area contributed by atoms with Crippen LogP contribution in [0.3, 0.4) is 0 Å². The Bertz CT molecular complexity index is 831. The summed E-state index contributed by atoms with van der Waals surface area (Å²) in [4.78, 5) is 14.3. The van der Waals surface area contributed by atoms with Crippen molar-refractivity contribution in [2.24, 2.45) is 23.2 Å². The third kappa shape index (κ3) is 4.47. The zero-order valence-corrected chi connectivity index (χ0v) is 18.5. The molecule has 0 aromatic carbocycles. The number of nitrogens with zero attached hydrogens (tertiary/aromatic N) is 2. The average molecular weight is 426 g/mol. The largest absolute Gasteiger partial charge is 0.392 e. The Morgan fingerprint density at radius 2 is 2.16 bits per heavy atom. The van der Waals surface area contributed by atoms with Crippen molar-refractivity contribution in [3.63, 3.8) is 0 Å². The van der Waals surface area contributed by atoms with Crippen LogP contribution >= 0.6 is 0 Å². The molecule has 5 atom stereocenters. The Labute approximate surface area is 185 Å². The number of piperidine rings is 1. The van der Waals surface area contributed by atoms with E-state index in [-0.39, 0.29) is 29.4 Å². The molecule has 3 aliphatic heterocycles. The number of rotatable bonds is 2. The fraction of sp³-hybridized carbons (Fsp3) is 0.600. The maximum Gasteiger partial charge on any atom is 0.125 e. The predicted molar refractivity (Wildman–Crippen MR) is 121 cm³/mol. The number of imidazole rings is 1. The molecule has 0 radical (unpaired) electrons. The molecule has 5 rings (SSSR count). The molecule has 0 bridgehead atoms. The molecule has 4 aliphatic rings. The van der Waals surface area contributed by atoms with Crippen molar-refractivity contribution in [3.8, 4) is 0 Å². The minimum atomic E-state index is -0.224. The van der Waals surface area contributed by atoms with Gasteiger partial charge in [0.1, 0.15) is 6.29 Å². The van der Waals surface area contributed by atoms with Gasteiger partial charge in [0.25, 0.3) is 0 Å². The van der Waals surface area contributed by atoms with Crippen molar-refractivity contribution in [1.29, 1.82) is 0 Å². The van der Waals surface area contributed by atoms with Crippen LogP contribution in [0.2, 0.25) is 0 Å². The molecule has 2 N–H and O–H groups in total. The van der Waals surface area contributed by atoms with E-state index in [1.165, 1.54) is 0 Å². The van der Waals surface area contributed by atoms with E-state index in [2.05, 4.69) is 40.5 Å². The first-order chi connectivity index (χ1) is 15.1. The fourth-order valence-electron chi connectivity index (χ4n) is 5.64.